The van der Waals surface area contributed by atoms with Crippen molar-refractivity contribution in [1.82, 2.24) is 0 Å². The third kappa shape index (κ3) is 2.76. The summed E-state index contributed by atoms with van der Waals surface area (Å²) >= 11 is 0. The fourth-order valence-corrected chi connectivity index (χ4v) is 6.59. The van der Waals surface area contributed by atoms with E-state index in [4.69, 9.17) is 9.73 Å². The Bertz CT molecular complexity index is 491. The average molecular weight is 289 g/mol. The Morgan fingerprint density at radius 3 is 2.65 bits per heavy atom. The summed E-state index contributed by atoms with van der Waals surface area (Å²) in [5.41, 5.74) is 1.87. The van der Waals surface area contributed by atoms with Crippen LogP contribution in [0.2, 0.25) is 0 Å². The summed E-state index contributed by atoms with van der Waals surface area (Å²) in [5, 5.41) is 0.410. The number of aliphatic imine (C=N–C) groups is 1. The molecule has 3 rings (SSSR count). The van der Waals surface area contributed by atoms with E-state index in [1.807, 2.05) is 0 Å². The molecule has 0 aliphatic carbocycles. The normalized spacial score (nSPS) is 30.1. The predicted octanol–water partition coefficient (Wildman–Crippen LogP) is 4.60. The van der Waals surface area contributed by atoms with Crippen LogP contribution < -0.4 is 0 Å². The maximum absolute atomic E-state index is 6.00. The van der Waals surface area contributed by atoms with E-state index in [1.165, 1.54) is 24.6 Å². The number of benzene rings is 1. The van der Waals surface area contributed by atoms with Crippen LogP contribution in [-0.2, 0) is 4.74 Å². The lowest BCUT2D eigenvalue weighted by molar-refractivity contribution is 0.312. The van der Waals surface area contributed by atoms with Crippen LogP contribution in [-0.4, -0.2) is 29.5 Å². The maximum atomic E-state index is 6.00. The van der Waals surface area contributed by atoms with Crippen LogP contribution in [0, 0.1) is 0 Å². The molecule has 1 fully saturated rings. The third-order valence-corrected chi connectivity index (χ3v) is 8.01. The van der Waals surface area contributed by atoms with Gasteiger partial charge in [-0.1, -0.05) is 59.0 Å². The molecule has 3 atom stereocenters. The van der Waals surface area contributed by atoms with Crippen molar-refractivity contribution in [3.63, 3.8) is 0 Å². The molecular formula is C17H24NOP. The van der Waals surface area contributed by atoms with Crippen LogP contribution in [0.25, 0.3) is 0 Å². The first kappa shape index (κ1) is 14.1. The van der Waals surface area contributed by atoms with E-state index >= 15 is 0 Å². The highest BCUT2D eigenvalue weighted by atomic mass is 31.1. The number of ether oxygens (including phenoxy) is 1. The fraction of sp³-hybridized carbons (Fsp3) is 0.588. The monoisotopic (exact) mass is 289 g/mol. The lowest BCUT2D eigenvalue weighted by Gasteiger charge is -2.32. The summed E-state index contributed by atoms with van der Waals surface area (Å²) in [6, 6.07) is 10.7. The molecule has 0 unspecified atom stereocenters. The summed E-state index contributed by atoms with van der Waals surface area (Å²) in [6.07, 6.45) is 3.98. The second kappa shape index (κ2) is 5.48. The van der Waals surface area contributed by atoms with Crippen molar-refractivity contribution in [3.05, 3.63) is 35.9 Å². The van der Waals surface area contributed by atoms with Crippen molar-refractivity contribution < 1.29 is 4.74 Å². The first-order valence-electron chi connectivity index (χ1n) is 7.58. The van der Waals surface area contributed by atoms with E-state index in [2.05, 4.69) is 51.1 Å². The van der Waals surface area contributed by atoms with Gasteiger partial charge in [-0.3, -0.25) is 0 Å². The Morgan fingerprint density at radius 1 is 1.20 bits per heavy atom. The SMILES string of the molecule is CC(C)(C)[P@@]1CCC[C@@H]1C1=N[C@@H](c2ccccc2)CO1. The van der Waals surface area contributed by atoms with Crippen LogP contribution in [0.5, 0.6) is 0 Å². The van der Waals surface area contributed by atoms with Gasteiger partial charge in [0.25, 0.3) is 0 Å². The van der Waals surface area contributed by atoms with Crippen molar-refractivity contribution in [3.8, 4) is 0 Å². The quantitative estimate of drug-likeness (QED) is 0.729. The summed E-state index contributed by atoms with van der Waals surface area (Å²) < 4.78 is 6.00. The van der Waals surface area contributed by atoms with Gasteiger partial charge in [-0.05, 0) is 29.7 Å². The zero-order chi connectivity index (χ0) is 14.2. The molecular weight excluding hydrogens is 265 g/mol. The molecule has 20 heavy (non-hydrogen) atoms. The lowest BCUT2D eigenvalue weighted by Crippen LogP contribution is -2.24. The molecule has 0 aromatic heterocycles. The second-order valence-corrected chi connectivity index (χ2v) is 10.1. The van der Waals surface area contributed by atoms with E-state index in [0.717, 1.165) is 12.5 Å². The highest BCUT2D eigenvalue weighted by Crippen LogP contribution is 2.60. The first-order valence-corrected chi connectivity index (χ1v) is 9.17. The summed E-state index contributed by atoms with van der Waals surface area (Å²) in [7, 11) is -0.00436. The molecule has 108 valence electrons. The largest absolute Gasteiger partial charge is 0.478 e. The van der Waals surface area contributed by atoms with Gasteiger partial charge < -0.3 is 4.74 Å². The Balaban J connectivity index is 1.78. The second-order valence-electron chi connectivity index (χ2n) is 6.73. The van der Waals surface area contributed by atoms with Gasteiger partial charge >= 0.3 is 0 Å². The first-order chi connectivity index (χ1) is 9.55. The molecule has 3 heteroatoms. The molecule has 2 aliphatic heterocycles. The fourth-order valence-electron chi connectivity index (χ4n) is 3.25. The molecule has 1 saturated heterocycles. The molecule has 1 aromatic carbocycles. The van der Waals surface area contributed by atoms with Gasteiger partial charge in [0, 0.05) is 0 Å². The van der Waals surface area contributed by atoms with Crippen molar-refractivity contribution in [2.24, 2.45) is 4.99 Å². The van der Waals surface area contributed by atoms with Gasteiger partial charge in [-0.25, -0.2) is 4.99 Å². The van der Waals surface area contributed by atoms with Gasteiger partial charge in [0.05, 0.1) is 5.66 Å². The summed E-state index contributed by atoms with van der Waals surface area (Å²) in [4.78, 5) is 4.91. The zero-order valence-corrected chi connectivity index (χ0v) is 13.6. The number of hydrogen-bond acceptors (Lipinski definition) is 2. The number of hydrogen-bond donors (Lipinski definition) is 0. The molecule has 2 heterocycles. The molecule has 1 aromatic rings. The molecule has 0 amide bonds. The Kier molecular flexibility index (Phi) is 3.86. The molecule has 0 spiro atoms. The maximum Gasteiger partial charge on any atom is 0.191 e. The average Bonchev–Trinajstić information content (AvgIpc) is 3.08. The zero-order valence-electron chi connectivity index (χ0n) is 12.7. The van der Waals surface area contributed by atoms with Crippen LogP contribution in [0.3, 0.4) is 0 Å². The van der Waals surface area contributed by atoms with Crippen molar-refractivity contribution in [2.75, 3.05) is 12.8 Å². The van der Waals surface area contributed by atoms with Crippen LogP contribution in [0.1, 0.15) is 45.2 Å². The van der Waals surface area contributed by atoms with E-state index in [0.29, 0.717) is 10.8 Å². The molecule has 0 saturated carbocycles. The van der Waals surface area contributed by atoms with Crippen LogP contribution >= 0.6 is 7.92 Å². The lowest BCUT2D eigenvalue weighted by atomic mass is 10.1. The van der Waals surface area contributed by atoms with Crippen LogP contribution in [0.4, 0.5) is 0 Å². The highest BCUT2D eigenvalue weighted by Gasteiger charge is 2.40. The topological polar surface area (TPSA) is 21.6 Å². The highest BCUT2D eigenvalue weighted by molar-refractivity contribution is 7.61. The van der Waals surface area contributed by atoms with E-state index in [9.17, 15) is 0 Å². The molecule has 0 N–H and O–H groups in total. The minimum Gasteiger partial charge on any atom is -0.478 e. The van der Waals surface area contributed by atoms with Gasteiger partial charge in [-0.15, -0.1) is 0 Å². The molecule has 0 bridgehead atoms. The summed E-state index contributed by atoms with van der Waals surface area (Å²) in [6.45, 7) is 7.85. The number of nitrogens with zero attached hydrogens (tertiary/aromatic N) is 1. The Labute approximate surface area is 123 Å². The minimum absolute atomic E-state index is 0.00436. The van der Waals surface area contributed by atoms with Gasteiger partial charge in [0.15, 0.2) is 5.90 Å². The number of rotatable bonds is 2. The molecule has 2 aliphatic rings. The Morgan fingerprint density at radius 2 is 1.95 bits per heavy atom. The standard InChI is InChI=1S/C17H24NOP/c1-17(2,3)20-11-7-10-15(20)16-18-14(12-19-16)13-8-5-4-6-9-13/h4-6,8-9,14-15H,7,10-12H2,1-3H3/t14-,15-,20+/m1/s1. The van der Waals surface area contributed by atoms with Gasteiger partial charge in [-0.2, -0.15) is 0 Å². The van der Waals surface area contributed by atoms with Crippen molar-refractivity contribution in [1.29, 1.82) is 0 Å². The van der Waals surface area contributed by atoms with E-state index in [1.54, 1.807) is 0 Å². The van der Waals surface area contributed by atoms with E-state index in [-0.39, 0.29) is 14.0 Å². The third-order valence-electron chi connectivity index (χ3n) is 4.26. The Hall–Kier alpha value is -0.880. The van der Waals surface area contributed by atoms with Crippen molar-refractivity contribution >= 4 is 13.8 Å². The smallest absolute Gasteiger partial charge is 0.191 e. The van der Waals surface area contributed by atoms with E-state index < -0.39 is 0 Å². The van der Waals surface area contributed by atoms with Crippen molar-refractivity contribution in [2.45, 2.75) is 50.5 Å². The van der Waals surface area contributed by atoms with Crippen LogP contribution in [0.15, 0.2) is 35.3 Å². The summed E-state index contributed by atoms with van der Waals surface area (Å²) in [5.74, 6) is 1.05. The minimum atomic E-state index is -0.00436. The molecule has 2 nitrogen and oxygen atoms in total. The molecule has 0 radical (unpaired) electrons. The van der Waals surface area contributed by atoms with Gasteiger partial charge in [0.1, 0.15) is 12.6 Å². The predicted molar refractivity (Wildman–Crippen MR) is 87.1 cm³/mol. The van der Waals surface area contributed by atoms with Gasteiger partial charge in [0.2, 0.25) is 0 Å².